The van der Waals surface area contributed by atoms with Crippen molar-refractivity contribution >= 4 is 34.8 Å². The molecule has 0 aliphatic heterocycles. The first-order valence-corrected chi connectivity index (χ1v) is 6.58. The summed E-state index contributed by atoms with van der Waals surface area (Å²) in [6, 6.07) is 17.2. The van der Waals surface area contributed by atoms with Crippen LogP contribution in [0, 0.1) is 0 Å². The second-order valence-electron chi connectivity index (χ2n) is 3.49. The second kappa shape index (κ2) is 8.46. The molecule has 4 heteroatoms. The summed E-state index contributed by atoms with van der Waals surface area (Å²) in [5.41, 5.74) is 0.854. The molecule has 0 aromatic heterocycles. The van der Waals surface area contributed by atoms with Gasteiger partial charge >= 0.3 is 0 Å². The van der Waals surface area contributed by atoms with Gasteiger partial charge in [0.15, 0.2) is 0 Å². The molecule has 98 valence electrons. The molecular weight excluding hydrogens is 283 g/mol. The van der Waals surface area contributed by atoms with E-state index in [0.29, 0.717) is 11.1 Å². The van der Waals surface area contributed by atoms with Crippen molar-refractivity contribution in [3.63, 3.8) is 0 Å². The maximum Gasteiger partial charge on any atom is 0.233 e. The van der Waals surface area contributed by atoms with Gasteiger partial charge in [-0.2, -0.15) is 0 Å². The average molecular weight is 295 g/mol. The highest BCUT2D eigenvalue weighted by Crippen LogP contribution is 2.07. The highest BCUT2D eigenvalue weighted by Gasteiger charge is 2.16. The molecule has 2 nitrogen and oxygen atoms in total. The first-order chi connectivity index (χ1) is 9.20. The molecule has 2 rings (SSSR count). The number of hydrogen-bond acceptors (Lipinski definition) is 2. The largest absolute Gasteiger partial charge is 0.285 e. The van der Waals surface area contributed by atoms with E-state index < -0.39 is 11.6 Å². The van der Waals surface area contributed by atoms with Crippen molar-refractivity contribution < 1.29 is 9.59 Å². The first-order valence-electron chi connectivity index (χ1n) is 5.51. The predicted octanol–water partition coefficient (Wildman–Crippen LogP) is 4.17. The van der Waals surface area contributed by atoms with Crippen LogP contribution < -0.4 is 0 Å². The van der Waals surface area contributed by atoms with Crippen LogP contribution in [0.4, 0.5) is 0 Å². The molecule has 0 fully saturated rings. The minimum absolute atomic E-state index is 0.194. The molecule has 2 aromatic carbocycles. The number of Topliss-reactive ketones (excluding diaryl/α,β-unsaturated/α-hetero) is 2. The summed E-state index contributed by atoms with van der Waals surface area (Å²) in [4.78, 5) is 23.6. The van der Waals surface area contributed by atoms with Crippen molar-refractivity contribution in [2.45, 2.75) is 0 Å². The normalized spacial score (nSPS) is 9.16. The Morgan fingerprint density at radius 2 is 0.947 bits per heavy atom. The van der Waals surface area contributed by atoms with Crippen LogP contribution in [0.3, 0.4) is 0 Å². The van der Waals surface area contributed by atoms with Gasteiger partial charge in [0.2, 0.25) is 11.6 Å². The molecule has 0 amide bonds. The third kappa shape index (κ3) is 4.86. The van der Waals surface area contributed by atoms with Crippen LogP contribution in [0.1, 0.15) is 20.7 Å². The Kier molecular flexibility index (Phi) is 6.86. The molecule has 0 aliphatic carbocycles. The molecule has 0 saturated heterocycles. The van der Waals surface area contributed by atoms with Gasteiger partial charge in [-0.05, 0) is 0 Å². The van der Waals surface area contributed by atoms with Gasteiger partial charge in [-0.3, -0.25) is 9.59 Å². The summed E-state index contributed by atoms with van der Waals surface area (Å²) < 4.78 is 0. The van der Waals surface area contributed by atoms with Gasteiger partial charge in [0.05, 0.1) is 5.34 Å². The molecule has 19 heavy (non-hydrogen) atoms. The van der Waals surface area contributed by atoms with E-state index >= 15 is 0 Å². The van der Waals surface area contributed by atoms with Crippen LogP contribution in [-0.2, 0) is 0 Å². The topological polar surface area (TPSA) is 34.1 Å². The monoisotopic (exact) mass is 294 g/mol. The molecule has 0 saturated carbocycles. The predicted molar refractivity (Wildman–Crippen MR) is 78.1 cm³/mol. The highest BCUT2D eigenvalue weighted by atomic mass is 35.5. The van der Waals surface area contributed by atoms with Gasteiger partial charge in [0.25, 0.3) is 0 Å². The van der Waals surface area contributed by atoms with Crippen LogP contribution >= 0.6 is 23.2 Å². The lowest BCUT2D eigenvalue weighted by Gasteiger charge is -1.99. The van der Waals surface area contributed by atoms with Crippen LogP contribution in [0.5, 0.6) is 0 Å². The summed E-state index contributed by atoms with van der Waals surface area (Å²) in [6.45, 7) is 0. The molecule has 0 bridgehead atoms. The van der Waals surface area contributed by atoms with Crippen LogP contribution in [0.25, 0.3) is 0 Å². The maximum absolute atomic E-state index is 11.8. The number of alkyl halides is 2. The van der Waals surface area contributed by atoms with E-state index in [1.165, 1.54) is 0 Å². The molecule has 0 aliphatic rings. The van der Waals surface area contributed by atoms with Crippen LogP contribution in [-0.4, -0.2) is 16.9 Å². The number of carbonyl (C=O) groups excluding carboxylic acids is 2. The molecule has 0 heterocycles. The van der Waals surface area contributed by atoms with Gasteiger partial charge in [-0.15, -0.1) is 23.2 Å². The van der Waals surface area contributed by atoms with Gasteiger partial charge in [-0.25, -0.2) is 0 Å². The Morgan fingerprint density at radius 3 is 1.21 bits per heavy atom. The Morgan fingerprint density at radius 1 is 0.684 bits per heavy atom. The van der Waals surface area contributed by atoms with Crippen molar-refractivity contribution in [1.82, 2.24) is 0 Å². The molecule has 0 spiro atoms. The Balaban J connectivity index is 0.000000550. The molecule has 0 N–H and O–H groups in total. The number of benzene rings is 2. The number of hydrogen-bond donors (Lipinski definition) is 0. The van der Waals surface area contributed by atoms with Crippen LogP contribution in [0.15, 0.2) is 60.7 Å². The zero-order valence-electron chi connectivity index (χ0n) is 10.1. The zero-order valence-corrected chi connectivity index (χ0v) is 11.6. The highest BCUT2D eigenvalue weighted by molar-refractivity contribution is 6.49. The quantitative estimate of drug-likeness (QED) is 0.484. The van der Waals surface area contributed by atoms with E-state index in [0.717, 1.165) is 0 Å². The minimum Gasteiger partial charge on any atom is -0.285 e. The van der Waals surface area contributed by atoms with Crippen molar-refractivity contribution in [3.05, 3.63) is 71.8 Å². The lowest BCUT2D eigenvalue weighted by Crippen LogP contribution is -2.14. The summed E-state index contributed by atoms with van der Waals surface area (Å²) in [7, 11) is 0. The maximum atomic E-state index is 11.8. The van der Waals surface area contributed by atoms with E-state index in [-0.39, 0.29) is 5.34 Å². The third-order valence-corrected chi connectivity index (χ3v) is 2.28. The van der Waals surface area contributed by atoms with Crippen molar-refractivity contribution in [2.75, 3.05) is 5.34 Å². The van der Waals surface area contributed by atoms with Gasteiger partial charge in [0.1, 0.15) is 0 Å². The van der Waals surface area contributed by atoms with Crippen molar-refractivity contribution in [1.29, 1.82) is 0 Å². The van der Waals surface area contributed by atoms with Gasteiger partial charge < -0.3 is 0 Å². The molecule has 2 aromatic rings. The lowest BCUT2D eigenvalue weighted by atomic mass is 10.0. The molecule has 0 atom stereocenters. The number of halogens is 2. The Hall–Kier alpha value is -1.64. The van der Waals surface area contributed by atoms with E-state index in [1.807, 2.05) is 12.1 Å². The van der Waals surface area contributed by atoms with Gasteiger partial charge in [-0.1, -0.05) is 60.7 Å². The van der Waals surface area contributed by atoms with E-state index in [9.17, 15) is 9.59 Å². The summed E-state index contributed by atoms with van der Waals surface area (Å²) in [5, 5.41) is 0.194. The Labute approximate surface area is 122 Å². The molecule has 0 unspecified atom stereocenters. The van der Waals surface area contributed by atoms with Crippen molar-refractivity contribution in [2.24, 2.45) is 0 Å². The smallest absolute Gasteiger partial charge is 0.233 e. The summed E-state index contributed by atoms with van der Waals surface area (Å²) >= 11 is 9.53. The summed E-state index contributed by atoms with van der Waals surface area (Å²) in [6.07, 6.45) is 0. The second-order valence-corrected chi connectivity index (χ2v) is 4.30. The van der Waals surface area contributed by atoms with Crippen molar-refractivity contribution in [3.8, 4) is 0 Å². The van der Waals surface area contributed by atoms with E-state index in [4.69, 9.17) is 23.2 Å². The number of carbonyl (C=O) groups is 2. The minimum atomic E-state index is -0.466. The SMILES string of the molecule is ClCCl.O=C(C(=O)c1ccccc1)c1ccccc1. The fourth-order valence-electron chi connectivity index (χ4n) is 1.44. The molecule has 0 radical (unpaired) electrons. The lowest BCUT2D eigenvalue weighted by molar-refractivity contribution is 0.0817. The first kappa shape index (κ1) is 15.4. The fourth-order valence-corrected chi connectivity index (χ4v) is 1.44. The number of ketones is 2. The average Bonchev–Trinajstić information content (AvgIpc) is 2.48. The molecular formula is C15H12Cl2O2. The van der Waals surface area contributed by atoms with Gasteiger partial charge in [0, 0.05) is 11.1 Å². The number of rotatable bonds is 3. The van der Waals surface area contributed by atoms with E-state index in [1.54, 1.807) is 48.5 Å². The third-order valence-electron chi connectivity index (χ3n) is 2.28. The Bertz CT molecular complexity index is 475. The van der Waals surface area contributed by atoms with Crippen LogP contribution in [0.2, 0.25) is 0 Å². The standard InChI is InChI=1S/C14H10O2.CH2Cl2/c15-13(11-7-3-1-4-8-11)14(16)12-9-5-2-6-10-12;2-1-3/h1-10H;1H2. The fraction of sp³-hybridized carbons (Fsp3) is 0.0667. The summed E-state index contributed by atoms with van der Waals surface area (Å²) in [5.74, 6) is -0.932. The zero-order chi connectivity index (χ0) is 14.1. The van der Waals surface area contributed by atoms with E-state index in [2.05, 4.69) is 0 Å².